The molecule has 7 heteroatoms. The van der Waals surface area contributed by atoms with Gasteiger partial charge in [0.15, 0.2) is 17.3 Å². The van der Waals surface area contributed by atoms with E-state index in [1.54, 1.807) is 36.4 Å². The molecule has 4 aromatic rings. The quantitative estimate of drug-likeness (QED) is 0.0357. The van der Waals surface area contributed by atoms with Crippen molar-refractivity contribution in [1.29, 1.82) is 0 Å². The van der Waals surface area contributed by atoms with Crippen molar-refractivity contribution in [2.75, 3.05) is 6.61 Å². The van der Waals surface area contributed by atoms with Crippen LogP contribution >= 0.6 is 0 Å². The SMILES string of the molecule is CCCCC[C@H](C)CCCC=CC(=O)CCc1ccc(O)c(OCCc2ccc(O)c(Cc3ccc(C(N)N)cc3)c2-c2ccc(O)cc2)c1. The molecule has 0 saturated carbocycles. The van der Waals surface area contributed by atoms with Crippen molar-refractivity contribution >= 4 is 5.78 Å². The van der Waals surface area contributed by atoms with Gasteiger partial charge in [0.1, 0.15) is 11.5 Å². The third-order valence-electron chi connectivity index (χ3n) is 9.26. The lowest BCUT2D eigenvalue weighted by Crippen LogP contribution is -2.19. The fourth-order valence-corrected chi connectivity index (χ4v) is 6.26. The Morgan fingerprint density at radius 1 is 0.820 bits per heavy atom. The van der Waals surface area contributed by atoms with Crippen LogP contribution in [0.2, 0.25) is 0 Å². The van der Waals surface area contributed by atoms with Gasteiger partial charge in [-0.15, -0.1) is 0 Å². The summed E-state index contributed by atoms with van der Waals surface area (Å²) in [5.41, 5.74) is 17.8. The Hall–Kier alpha value is -4.59. The second-order valence-corrected chi connectivity index (χ2v) is 13.4. The summed E-state index contributed by atoms with van der Waals surface area (Å²) in [5.74, 6) is 1.55. The van der Waals surface area contributed by atoms with Crippen molar-refractivity contribution in [3.05, 3.63) is 119 Å². The number of hydrogen-bond donors (Lipinski definition) is 5. The number of nitrogens with two attached hydrogens (primary N) is 2. The minimum Gasteiger partial charge on any atom is -0.508 e. The number of aryl methyl sites for hydroxylation is 1. The predicted molar refractivity (Wildman–Crippen MR) is 203 cm³/mol. The molecule has 4 aromatic carbocycles. The Balaban J connectivity index is 1.38. The average molecular weight is 679 g/mol. The number of allylic oxidation sites excluding steroid dienone is 2. The number of benzene rings is 4. The summed E-state index contributed by atoms with van der Waals surface area (Å²) in [6.45, 7) is 4.83. The number of ether oxygens (including phenoxy) is 1. The Bertz CT molecular complexity index is 1680. The zero-order valence-corrected chi connectivity index (χ0v) is 29.6. The van der Waals surface area contributed by atoms with Crippen LogP contribution in [0, 0.1) is 5.92 Å². The fourth-order valence-electron chi connectivity index (χ4n) is 6.26. The fraction of sp³-hybridized carbons (Fsp3) is 0.372. The van der Waals surface area contributed by atoms with Crippen LogP contribution in [0.3, 0.4) is 0 Å². The molecule has 0 bridgehead atoms. The molecule has 0 saturated heterocycles. The van der Waals surface area contributed by atoms with Crippen molar-refractivity contribution in [3.8, 4) is 34.1 Å². The van der Waals surface area contributed by atoms with Crippen molar-refractivity contribution in [2.24, 2.45) is 17.4 Å². The first kappa shape index (κ1) is 38.2. The monoisotopic (exact) mass is 678 g/mol. The van der Waals surface area contributed by atoms with Gasteiger partial charge in [0.25, 0.3) is 0 Å². The molecular weight excluding hydrogens is 624 g/mol. The third-order valence-corrected chi connectivity index (χ3v) is 9.26. The minimum atomic E-state index is -0.563. The highest BCUT2D eigenvalue weighted by Crippen LogP contribution is 2.37. The highest BCUT2D eigenvalue weighted by molar-refractivity contribution is 5.89. The number of ketones is 1. The van der Waals surface area contributed by atoms with Gasteiger partial charge in [-0.3, -0.25) is 4.79 Å². The summed E-state index contributed by atoms with van der Waals surface area (Å²) < 4.78 is 6.09. The van der Waals surface area contributed by atoms with E-state index in [1.165, 1.54) is 32.1 Å². The van der Waals surface area contributed by atoms with E-state index in [1.807, 2.05) is 54.6 Å². The predicted octanol–water partition coefficient (Wildman–Crippen LogP) is 9.04. The topological polar surface area (TPSA) is 139 Å². The number of aromatic hydroxyl groups is 3. The summed E-state index contributed by atoms with van der Waals surface area (Å²) in [6, 6.07) is 23.4. The van der Waals surface area contributed by atoms with E-state index < -0.39 is 6.17 Å². The first-order chi connectivity index (χ1) is 24.1. The van der Waals surface area contributed by atoms with Gasteiger partial charge in [0.2, 0.25) is 0 Å². The van der Waals surface area contributed by atoms with E-state index in [9.17, 15) is 20.1 Å². The zero-order chi connectivity index (χ0) is 35.9. The van der Waals surface area contributed by atoms with Crippen LogP contribution in [-0.4, -0.2) is 27.7 Å². The normalized spacial score (nSPS) is 12.1. The highest BCUT2D eigenvalue weighted by atomic mass is 16.5. The highest BCUT2D eigenvalue weighted by Gasteiger charge is 2.17. The van der Waals surface area contributed by atoms with Crippen LogP contribution in [0.15, 0.2) is 91.0 Å². The Morgan fingerprint density at radius 3 is 2.24 bits per heavy atom. The summed E-state index contributed by atoms with van der Waals surface area (Å²) in [6.07, 6.45) is 13.4. The molecule has 0 amide bonds. The number of rotatable bonds is 20. The second kappa shape index (κ2) is 19.6. The van der Waals surface area contributed by atoms with Crippen LogP contribution in [0.4, 0.5) is 0 Å². The summed E-state index contributed by atoms with van der Waals surface area (Å²) in [7, 11) is 0. The summed E-state index contributed by atoms with van der Waals surface area (Å²) in [4.78, 5) is 12.5. The van der Waals surface area contributed by atoms with E-state index in [4.69, 9.17) is 16.2 Å². The molecule has 0 aromatic heterocycles. The van der Waals surface area contributed by atoms with E-state index in [0.717, 1.165) is 57.7 Å². The van der Waals surface area contributed by atoms with Gasteiger partial charge >= 0.3 is 0 Å². The lowest BCUT2D eigenvalue weighted by atomic mass is 9.89. The molecule has 0 heterocycles. The van der Waals surface area contributed by atoms with Gasteiger partial charge in [-0.2, -0.15) is 0 Å². The molecule has 50 heavy (non-hydrogen) atoms. The van der Waals surface area contributed by atoms with Crippen LogP contribution in [0.25, 0.3) is 11.1 Å². The molecule has 7 nitrogen and oxygen atoms in total. The van der Waals surface area contributed by atoms with E-state index in [2.05, 4.69) is 13.8 Å². The van der Waals surface area contributed by atoms with Gasteiger partial charge in [-0.25, -0.2) is 0 Å². The summed E-state index contributed by atoms with van der Waals surface area (Å²) in [5, 5.41) is 31.5. The maximum Gasteiger partial charge on any atom is 0.161 e. The number of phenols is 3. The third kappa shape index (κ3) is 11.8. The standard InChI is InChI=1S/C43H54N2O5/c1-3-4-6-9-30(2)10-7-5-8-11-36(46)21-14-32-15-24-40(49)41(29-32)50-27-26-34-20-25-39(48)38(42(34)33-18-22-37(47)23-19-33)28-31-12-16-35(17-13-31)43(44)45/h8,11-13,15-20,22-25,29-30,43,47-49H,3-7,9-10,14,21,26-28,44-45H2,1-2H3/t30-/m0/s1. The number of unbranched alkanes of at least 4 members (excludes halogenated alkanes) is 3. The first-order valence-corrected chi connectivity index (χ1v) is 18.0. The molecule has 0 radical (unpaired) electrons. The molecule has 0 aliphatic carbocycles. The molecule has 266 valence electrons. The summed E-state index contributed by atoms with van der Waals surface area (Å²) >= 11 is 0. The number of carbonyl (C=O) groups is 1. The largest absolute Gasteiger partial charge is 0.508 e. The van der Waals surface area contributed by atoms with Crippen LogP contribution in [0.5, 0.6) is 23.0 Å². The minimum absolute atomic E-state index is 0.0368. The molecule has 0 fully saturated rings. The van der Waals surface area contributed by atoms with Crippen LogP contribution < -0.4 is 16.2 Å². The molecule has 4 rings (SSSR count). The molecule has 0 aliphatic rings. The Morgan fingerprint density at radius 2 is 1.52 bits per heavy atom. The van der Waals surface area contributed by atoms with Crippen LogP contribution in [0.1, 0.15) is 99.2 Å². The van der Waals surface area contributed by atoms with E-state index in [0.29, 0.717) is 31.4 Å². The maximum atomic E-state index is 12.5. The average Bonchev–Trinajstić information content (AvgIpc) is 3.10. The molecular formula is C43H54N2O5. The second-order valence-electron chi connectivity index (χ2n) is 13.4. The smallest absolute Gasteiger partial charge is 0.161 e. The van der Waals surface area contributed by atoms with Gasteiger partial charge in [-0.05, 0) is 95.0 Å². The first-order valence-electron chi connectivity index (χ1n) is 18.0. The van der Waals surface area contributed by atoms with E-state index >= 15 is 0 Å². The van der Waals surface area contributed by atoms with Crippen LogP contribution in [-0.2, 0) is 24.1 Å². The van der Waals surface area contributed by atoms with Crippen molar-refractivity contribution in [1.82, 2.24) is 0 Å². The van der Waals surface area contributed by atoms with Gasteiger partial charge in [0, 0.05) is 24.8 Å². The number of hydrogen-bond acceptors (Lipinski definition) is 7. The van der Waals surface area contributed by atoms with Gasteiger partial charge < -0.3 is 31.5 Å². The van der Waals surface area contributed by atoms with Crippen molar-refractivity contribution in [3.63, 3.8) is 0 Å². The lowest BCUT2D eigenvalue weighted by molar-refractivity contribution is -0.114. The molecule has 1 atom stereocenters. The zero-order valence-electron chi connectivity index (χ0n) is 29.6. The Kier molecular flexibility index (Phi) is 15.0. The Labute approximate surface area is 297 Å². The number of carbonyl (C=O) groups excluding carboxylic acids is 1. The van der Waals surface area contributed by atoms with Crippen molar-refractivity contribution < 1.29 is 24.9 Å². The molecule has 0 unspecified atom stereocenters. The van der Waals surface area contributed by atoms with Gasteiger partial charge in [0.05, 0.1) is 12.8 Å². The van der Waals surface area contributed by atoms with Crippen molar-refractivity contribution in [2.45, 2.75) is 90.6 Å². The molecule has 0 spiro atoms. The lowest BCUT2D eigenvalue weighted by Gasteiger charge is -2.18. The van der Waals surface area contributed by atoms with E-state index in [-0.39, 0.29) is 29.6 Å². The van der Waals surface area contributed by atoms with Gasteiger partial charge in [-0.1, -0.05) is 101 Å². The number of phenolic OH excluding ortho intramolecular Hbond substituents is 3. The molecule has 7 N–H and O–H groups in total. The maximum absolute atomic E-state index is 12.5. The molecule has 0 aliphatic heterocycles.